The summed E-state index contributed by atoms with van der Waals surface area (Å²) in [6.45, 7) is 4.22. The number of rotatable bonds is 13. The number of hydrogen-bond acceptors (Lipinski definition) is 3. The summed E-state index contributed by atoms with van der Waals surface area (Å²) in [5, 5.41) is 0. The maximum atomic E-state index is 11.7. The topological polar surface area (TPSA) is 43.4 Å². The van der Waals surface area contributed by atoms with E-state index in [4.69, 9.17) is 0 Å². The normalized spacial score (nSPS) is 19.5. The Kier molecular flexibility index (Phi) is 10.7. The van der Waals surface area contributed by atoms with Crippen molar-refractivity contribution in [2.24, 2.45) is 11.8 Å². The molecule has 0 radical (unpaired) electrons. The third-order valence-corrected chi connectivity index (χ3v) is 4.75. The van der Waals surface area contributed by atoms with Gasteiger partial charge in [-0.05, 0) is 19.3 Å². The SMILES string of the molecule is C/C=C/C(CCCCCCCCCCCC)C1CC(=O)OC1=O. The van der Waals surface area contributed by atoms with Crippen LogP contribution in [0, 0.1) is 11.8 Å². The molecule has 1 aliphatic heterocycles. The molecule has 0 amide bonds. The Balaban J connectivity index is 2.10. The van der Waals surface area contributed by atoms with Gasteiger partial charge in [0.1, 0.15) is 0 Å². The summed E-state index contributed by atoms with van der Waals surface area (Å²) in [4.78, 5) is 23.0. The first kappa shape index (κ1) is 19.9. The second-order valence-electron chi connectivity index (χ2n) is 6.76. The number of carbonyl (C=O) groups is 2. The van der Waals surface area contributed by atoms with Crippen molar-refractivity contribution in [1.82, 2.24) is 0 Å². The molecule has 23 heavy (non-hydrogen) atoms. The smallest absolute Gasteiger partial charge is 0.317 e. The molecule has 1 rings (SSSR count). The first-order valence-electron chi connectivity index (χ1n) is 9.56. The lowest BCUT2D eigenvalue weighted by Crippen LogP contribution is -2.17. The molecule has 0 saturated carbocycles. The molecular formula is C20H34O3. The fourth-order valence-electron chi connectivity index (χ4n) is 3.36. The average molecular weight is 322 g/mol. The molecule has 0 bridgehead atoms. The van der Waals surface area contributed by atoms with Crippen molar-refractivity contribution in [2.75, 3.05) is 0 Å². The monoisotopic (exact) mass is 322 g/mol. The van der Waals surface area contributed by atoms with Gasteiger partial charge in [0, 0.05) is 0 Å². The van der Waals surface area contributed by atoms with Crippen LogP contribution in [0.1, 0.15) is 90.9 Å². The molecule has 1 fully saturated rings. The number of unbranched alkanes of at least 4 members (excludes halogenated alkanes) is 9. The Morgan fingerprint density at radius 1 is 1.00 bits per heavy atom. The standard InChI is InChI=1S/C20H34O3/c1-3-5-6-7-8-9-10-11-12-13-15-17(14-4-2)18-16-19(21)23-20(18)22/h4,14,17-18H,3,5-13,15-16H2,1-2H3/b14-4+. The summed E-state index contributed by atoms with van der Waals surface area (Å²) in [7, 11) is 0. The molecular weight excluding hydrogens is 288 g/mol. The van der Waals surface area contributed by atoms with Crippen LogP contribution in [0.3, 0.4) is 0 Å². The van der Waals surface area contributed by atoms with Crippen molar-refractivity contribution in [3.8, 4) is 0 Å². The van der Waals surface area contributed by atoms with Crippen LogP contribution >= 0.6 is 0 Å². The van der Waals surface area contributed by atoms with Gasteiger partial charge in [0.05, 0.1) is 12.3 Å². The molecule has 1 heterocycles. The highest BCUT2D eigenvalue weighted by atomic mass is 16.6. The molecule has 0 spiro atoms. The van der Waals surface area contributed by atoms with Crippen molar-refractivity contribution >= 4 is 11.9 Å². The van der Waals surface area contributed by atoms with Crippen molar-refractivity contribution in [2.45, 2.75) is 90.9 Å². The third kappa shape index (κ3) is 8.34. The Morgan fingerprint density at radius 2 is 1.57 bits per heavy atom. The number of ether oxygens (including phenoxy) is 1. The van der Waals surface area contributed by atoms with Gasteiger partial charge in [0.25, 0.3) is 0 Å². The molecule has 0 aromatic carbocycles. The quantitative estimate of drug-likeness (QED) is 0.192. The van der Waals surface area contributed by atoms with Gasteiger partial charge >= 0.3 is 11.9 Å². The van der Waals surface area contributed by atoms with Gasteiger partial charge in [0.2, 0.25) is 0 Å². The van der Waals surface area contributed by atoms with Crippen LogP contribution in [0.15, 0.2) is 12.2 Å². The van der Waals surface area contributed by atoms with Gasteiger partial charge in [0.15, 0.2) is 0 Å². The molecule has 1 saturated heterocycles. The maximum Gasteiger partial charge on any atom is 0.317 e. The van der Waals surface area contributed by atoms with Crippen molar-refractivity contribution < 1.29 is 14.3 Å². The molecule has 2 atom stereocenters. The minimum atomic E-state index is -0.363. The van der Waals surface area contributed by atoms with Gasteiger partial charge in [-0.15, -0.1) is 0 Å². The predicted molar refractivity (Wildman–Crippen MR) is 94.0 cm³/mol. The van der Waals surface area contributed by atoms with E-state index in [0.29, 0.717) is 0 Å². The number of esters is 2. The summed E-state index contributed by atoms with van der Waals surface area (Å²) in [5.74, 6) is -0.784. The molecule has 3 heteroatoms. The number of carbonyl (C=O) groups excluding carboxylic acids is 2. The van der Waals surface area contributed by atoms with E-state index >= 15 is 0 Å². The third-order valence-electron chi connectivity index (χ3n) is 4.75. The zero-order valence-electron chi connectivity index (χ0n) is 15.0. The summed E-state index contributed by atoms with van der Waals surface area (Å²) < 4.78 is 4.69. The molecule has 1 aliphatic rings. The van der Waals surface area contributed by atoms with Gasteiger partial charge < -0.3 is 4.74 Å². The highest BCUT2D eigenvalue weighted by Crippen LogP contribution is 2.29. The van der Waals surface area contributed by atoms with E-state index in [9.17, 15) is 9.59 Å². The number of allylic oxidation sites excluding steroid dienone is 2. The summed E-state index contributed by atoms with van der Waals surface area (Å²) in [6, 6.07) is 0. The van der Waals surface area contributed by atoms with E-state index in [-0.39, 0.29) is 30.2 Å². The van der Waals surface area contributed by atoms with Gasteiger partial charge in [-0.1, -0.05) is 83.3 Å². The zero-order valence-corrected chi connectivity index (χ0v) is 15.0. The van der Waals surface area contributed by atoms with Crippen molar-refractivity contribution in [3.05, 3.63) is 12.2 Å². The number of hydrogen-bond donors (Lipinski definition) is 0. The van der Waals surface area contributed by atoms with Crippen LogP contribution < -0.4 is 0 Å². The summed E-state index contributed by atoms with van der Waals surface area (Å²) in [6.07, 6.45) is 18.4. The fourth-order valence-corrected chi connectivity index (χ4v) is 3.36. The lowest BCUT2D eigenvalue weighted by molar-refractivity contribution is -0.153. The Bertz CT molecular complexity index is 373. The Labute approximate surface area is 141 Å². The lowest BCUT2D eigenvalue weighted by Gasteiger charge is -2.16. The first-order valence-corrected chi connectivity index (χ1v) is 9.56. The van der Waals surface area contributed by atoms with E-state index in [0.717, 1.165) is 12.8 Å². The summed E-state index contributed by atoms with van der Waals surface area (Å²) in [5.41, 5.74) is 0. The highest BCUT2D eigenvalue weighted by Gasteiger charge is 2.37. The molecule has 3 nitrogen and oxygen atoms in total. The molecule has 0 aliphatic carbocycles. The predicted octanol–water partition coefficient (Wildman–Crippen LogP) is 5.58. The van der Waals surface area contributed by atoms with Crippen LogP contribution in [0.25, 0.3) is 0 Å². The lowest BCUT2D eigenvalue weighted by atomic mass is 9.86. The minimum absolute atomic E-state index is 0.160. The average Bonchev–Trinajstić information content (AvgIpc) is 2.86. The molecule has 0 aromatic heterocycles. The second-order valence-corrected chi connectivity index (χ2v) is 6.76. The highest BCUT2D eigenvalue weighted by molar-refractivity contribution is 5.94. The Hall–Kier alpha value is -1.12. The van der Waals surface area contributed by atoms with E-state index in [1.165, 1.54) is 57.8 Å². The van der Waals surface area contributed by atoms with Gasteiger partial charge in [-0.2, -0.15) is 0 Å². The van der Waals surface area contributed by atoms with Gasteiger partial charge in [-0.25, -0.2) is 0 Å². The summed E-state index contributed by atoms with van der Waals surface area (Å²) >= 11 is 0. The van der Waals surface area contributed by atoms with Crippen LogP contribution in [0.2, 0.25) is 0 Å². The minimum Gasteiger partial charge on any atom is -0.393 e. The zero-order chi connectivity index (χ0) is 16.9. The molecule has 132 valence electrons. The van der Waals surface area contributed by atoms with Crippen LogP contribution in [-0.4, -0.2) is 11.9 Å². The fraction of sp³-hybridized carbons (Fsp3) is 0.800. The van der Waals surface area contributed by atoms with Crippen molar-refractivity contribution in [3.63, 3.8) is 0 Å². The van der Waals surface area contributed by atoms with E-state index < -0.39 is 0 Å². The van der Waals surface area contributed by atoms with E-state index in [2.05, 4.69) is 17.7 Å². The molecule has 2 unspecified atom stereocenters. The van der Waals surface area contributed by atoms with Crippen LogP contribution in [0.4, 0.5) is 0 Å². The molecule has 0 aromatic rings. The molecule has 0 N–H and O–H groups in total. The van der Waals surface area contributed by atoms with Gasteiger partial charge in [-0.3, -0.25) is 9.59 Å². The largest absolute Gasteiger partial charge is 0.393 e. The van der Waals surface area contributed by atoms with Crippen molar-refractivity contribution in [1.29, 1.82) is 0 Å². The first-order chi connectivity index (χ1) is 11.2. The Morgan fingerprint density at radius 3 is 2.04 bits per heavy atom. The second kappa shape index (κ2) is 12.3. The number of cyclic esters (lactones) is 2. The van der Waals surface area contributed by atoms with E-state index in [1.54, 1.807) is 0 Å². The van der Waals surface area contributed by atoms with Crippen LogP contribution in [-0.2, 0) is 14.3 Å². The van der Waals surface area contributed by atoms with E-state index in [1.807, 2.05) is 13.0 Å². The maximum absolute atomic E-state index is 11.7. The van der Waals surface area contributed by atoms with Crippen LogP contribution in [0.5, 0.6) is 0 Å².